The van der Waals surface area contributed by atoms with Gasteiger partial charge in [0.05, 0.1) is 8.49 Å². The van der Waals surface area contributed by atoms with Crippen LogP contribution in [0.1, 0.15) is 0 Å². The molecule has 1 fully saturated rings. The van der Waals surface area contributed by atoms with E-state index in [0.29, 0.717) is 6.54 Å². The number of hydrogen-bond donors (Lipinski definition) is 2. The van der Waals surface area contributed by atoms with Crippen LogP contribution in [-0.4, -0.2) is 49.1 Å². The predicted molar refractivity (Wildman–Crippen MR) is 83.6 cm³/mol. The second-order valence-electron chi connectivity index (χ2n) is 4.56. The van der Waals surface area contributed by atoms with E-state index in [2.05, 4.69) is 15.5 Å². The molecule has 6 nitrogen and oxygen atoms in total. The first-order valence-corrected chi connectivity index (χ1v) is 7.46. The Labute approximate surface area is 130 Å². The fraction of sp³-hybridized carbons (Fsp3) is 0.500. The zero-order valence-corrected chi connectivity index (χ0v) is 13.0. The lowest BCUT2D eigenvalue weighted by molar-refractivity contribution is -0.384. The molecule has 1 aliphatic rings. The highest BCUT2D eigenvalue weighted by Gasteiger charge is 2.17. The zero-order chi connectivity index (χ0) is 14.5. The number of halogens is 2. The number of nitro groups is 1. The molecule has 0 spiro atoms. The molecule has 1 saturated heterocycles. The molecule has 0 amide bonds. The van der Waals surface area contributed by atoms with Gasteiger partial charge in [0.25, 0.3) is 5.69 Å². The summed E-state index contributed by atoms with van der Waals surface area (Å²) in [7, 11) is 0. The highest BCUT2D eigenvalue weighted by Crippen LogP contribution is 2.28. The van der Waals surface area contributed by atoms with E-state index in [-0.39, 0.29) is 14.9 Å². The van der Waals surface area contributed by atoms with Crippen molar-refractivity contribution in [3.63, 3.8) is 0 Å². The fourth-order valence-electron chi connectivity index (χ4n) is 2.11. The van der Waals surface area contributed by atoms with Crippen LogP contribution in [0.4, 0.5) is 15.8 Å². The first-order valence-electron chi connectivity index (χ1n) is 6.38. The van der Waals surface area contributed by atoms with Crippen molar-refractivity contribution in [2.75, 3.05) is 44.6 Å². The van der Waals surface area contributed by atoms with Crippen molar-refractivity contribution < 1.29 is 9.31 Å². The van der Waals surface area contributed by atoms with Crippen molar-refractivity contribution in [3.8, 4) is 0 Å². The average molecular weight is 394 g/mol. The third-order valence-electron chi connectivity index (χ3n) is 3.19. The first kappa shape index (κ1) is 15.4. The normalized spacial score (nSPS) is 16.1. The standard InChI is InChI=1S/C12H16FIN4O2/c13-9-7-11(12(18(19)20)8-10(9)14)16-3-6-17-4-1-15-2-5-17/h7-8,15-16H,1-6H2. The molecular formula is C12H16FIN4O2. The molecule has 1 aromatic carbocycles. The third kappa shape index (κ3) is 4.00. The van der Waals surface area contributed by atoms with Crippen molar-refractivity contribution in [2.45, 2.75) is 0 Å². The summed E-state index contributed by atoms with van der Waals surface area (Å²) in [6, 6.07) is 2.45. The smallest absolute Gasteiger partial charge is 0.293 e. The molecule has 0 aromatic heterocycles. The predicted octanol–water partition coefficient (Wildman–Crippen LogP) is 1.66. The Morgan fingerprint density at radius 3 is 2.80 bits per heavy atom. The number of benzene rings is 1. The van der Waals surface area contributed by atoms with E-state index in [1.807, 2.05) is 0 Å². The molecule has 0 saturated carbocycles. The van der Waals surface area contributed by atoms with Crippen LogP contribution in [0, 0.1) is 19.5 Å². The van der Waals surface area contributed by atoms with Gasteiger partial charge in [-0.1, -0.05) is 0 Å². The van der Waals surface area contributed by atoms with Crippen molar-refractivity contribution >= 4 is 34.0 Å². The number of piperazine rings is 1. The van der Waals surface area contributed by atoms with Gasteiger partial charge in [-0.15, -0.1) is 0 Å². The van der Waals surface area contributed by atoms with E-state index in [1.165, 1.54) is 12.1 Å². The van der Waals surface area contributed by atoms with Crippen LogP contribution in [-0.2, 0) is 0 Å². The largest absolute Gasteiger partial charge is 0.378 e. The van der Waals surface area contributed by atoms with Gasteiger partial charge in [-0.05, 0) is 22.6 Å². The number of rotatable bonds is 5. The lowest BCUT2D eigenvalue weighted by atomic mass is 10.2. The second-order valence-corrected chi connectivity index (χ2v) is 5.72. The number of nitro benzene ring substituents is 1. The third-order valence-corrected chi connectivity index (χ3v) is 4.02. The Morgan fingerprint density at radius 2 is 2.15 bits per heavy atom. The van der Waals surface area contributed by atoms with Crippen LogP contribution in [0.25, 0.3) is 0 Å². The van der Waals surface area contributed by atoms with Crippen LogP contribution < -0.4 is 10.6 Å². The van der Waals surface area contributed by atoms with Crippen LogP contribution in [0.3, 0.4) is 0 Å². The summed E-state index contributed by atoms with van der Waals surface area (Å²) in [6.07, 6.45) is 0. The van der Waals surface area contributed by atoms with Gasteiger partial charge in [-0.25, -0.2) is 4.39 Å². The van der Waals surface area contributed by atoms with Gasteiger partial charge in [-0.2, -0.15) is 0 Å². The summed E-state index contributed by atoms with van der Waals surface area (Å²) in [5.74, 6) is -0.444. The molecule has 110 valence electrons. The Morgan fingerprint density at radius 1 is 1.45 bits per heavy atom. The molecule has 8 heteroatoms. The molecule has 0 bridgehead atoms. The van der Waals surface area contributed by atoms with E-state index in [9.17, 15) is 14.5 Å². The fourth-order valence-corrected chi connectivity index (χ4v) is 2.56. The van der Waals surface area contributed by atoms with E-state index < -0.39 is 10.7 Å². The summed E-state index contributed by atoms with van der Waals surface area (Å²) >= 11 is 1.75. The molecule has 1 aliphatic heterocycles. The minimum Gasteiger partial charge on any atom is -0.378 e. The molecule has 0 atom stereocenters. The lowest BCUT2D eigenvalue weighted by Gasteiger charge is -2.27. The van der Waals surface area contributed by atoms with Gasteiger partial charge in [0.15, 0.2) is 0 Å². The van der Waals surface area contributed by atoms with Gasteiger partial charge in [0, 0.05) is 51.4 Å². The SMILES string of the molecule is O=[N+]([O-])c1cc(I)c(F)cc1NCCN1CCNCC1. The van der Waals surface area contributed by atoms with Crippen molar-refractivity contribution in [2.24, 2.45) is 0 Å². The number of hydrogen-bond acceptors (Lipinski definition) is 5. The average Bonchev–Trinajstić information content (AvgIpc) is 2.43. The Kier molecular flexibility index (Phi) is 5.49. The van der Waals surface area contributed by atoms with Crippen LogP contribution in [0.5, 0.6) is 0 Å². The molecule has 0 radical (unpaired) electrons. The molecule has 20 heavy (non-hydrogen) atoms. The Hall–Kier alpha value is -1.00. The summed E-state index contributed by atoms with van der Waals surface area (Å²) in [5, 5.41) is 17.2. The Bertz CT molecular complexity index is 495. The van der Waals surface area contributed by atoms with Gasteiger partial charge in [0.2, 0.25) is 0 Å². The summed E-state index contributed by atoms with van der Waals surface area (Å²) in [4.78, 5) is 12.7. The quantitative estimate of drug-likeness (QED) is 0.452. The van der Waals surface area contributed by atoms with Gasteiger partial charge in [-0.3, -0.25) is 15.0 Å². The van der Waals surface area contributed by atoms with Crippen molar-refractivity contribution in [3.05, 3.63) is 31.6 Å². The summed E-state index contributed by atoms with van der Waals surface area (Å²) in [6.45, 7) is 5.18. The summed E-state index contributed by atoms with van der Waals surface area (Å²) in [5.41, 5.74) is 0.152. The molecule has 0 aliphatic carbocycles. The van der Waals surface area contributed by atoms with Gasteiger partial charge < -0.3 is 10.6 Å². The highest BCUT2D eigenvalue weighted by atomic mass is 127. The molecular weight excluding hydrogens is 378 g/mol. The minimum atomic E-state index is -0.491. The Balaban J connectivity index is 1.97. The number of nitrogens with one attached hydrogen (secondary N) is 2. The van der Waals surface area contributed by atoms with E-state index in [4.69, 9.17) is 0 Å². The number of nitrogens with zero attached hydrogens (tertiary/aromatic N) is 2. The highest BCUT2D eigenvalue weighted by molar-refractivity contribution is 14.1. The summed E-state index contributed by atoms with van der Waals surface area (Å²) < 4.78 is 13.8. The van der Waals surface area contributed by atoms with Gasteiger partial charge in [0.1, 0.15) is 11.5 Å². The monoisotopic (exact) mass is 394 g/mol. The van der Waals surface area contributed by atoms with Crippen molar-refractivity contribution in [1.82, 2.24) is 10.2 Å². The maximum absolute atomic E-state index is 13.5. The maximum Gasteiger partial charge on any atom is 0.293 e. The van der Waals surface area contributed by atoms with Crippen LogP contribution in [0.15, 0.2) is 12.1 Å². The van der Waals surface area contributed by atoms with Crippen LogP contribution >= 0.6 is 22.6 Å². The molecule has 0 unspecified atom stereocenters. The van der Waals surface area contributed by atoms with E-state index in [0.717, 1.165) is 32.7 Å². The molecule has 1 heterocycles. The first-order chi connectivity index (χ1) is 9.58. The van der Waals surface area contributed by atoms with E-state index >= 15 is 0 Å². The minimum absolute atomic E-state index is 0.0869. The second kappa shape index (κ2) is 7.14. The van der Waals surface area contributed by atoms with E-state index in [1.54, 1.807) is 22.6 Å². The van der Waals surface area contributed by atoms with Crippen molar-refractivity contribution in [1.29, 1.82) is 0 Å². The molecule has 2 rings (SSSR count). The van der Waals surface area contributed by atoms with Gasteiger partial charge >= 0.3 is 0 Å². The topological polar surface area (TPSA) is 70.4 Å². The molecule has 1 aromatic rings. The zero-order valence-electron chi connectivity index (χ0n) is 10.9. The maximum atomic E-state index is 13.5. The lowest BCUT2D eigenvalue weighted by Crippen LogP contribution is -2.45. The number of anilines is 1. The molecule has 2 N–H and O–H groups in total. The van der Waals surface area contributed by atoms with Crippen LogP contribution in [0.2, 0.25) is 0 Å².